The molecule has 1 aromatic carbocycles. The van der Waals surface area contributed by atoms with Gasteiger partial charge < -0.3 is 20.3 Å². The van der Waals surface area contributed by atoms with E-state index in [2.05, 4.69) is 23.3 Å². The van der Waals surface area contributed by atoms with Gasteiger partial charge in [-0.15, -0.1) is 0 Å². The summed E-state index contributed by atoms with van der Waals surface area (Å²) in [7, 11) is 0. The Morgan fingerprint density at radius 1 is 1.16 bits per heavy atom. The molecule has 174 valence electrons. The zero-order valence-electron chi connectivity index (χ0n) is 19.5. The van der Waals surface area contributed by atoms with Gasteiger partial charge >= 0.3 is 6.09 Å². The molecule has 31 heavy (non-hydrogen) atoms. The molecular formula is C23H37N3O4S. The summed E-state index contributed by atoms with van der Waals surface area (Å²) in [6, 6.07) is 5.78. The Hall–Kier alpha value is -2.22. The lowest BCUT2D eigenvalue weighted by atomic mass is 9.98. The maximum atomic E-state index is 13.4. The van der Waals surface area contributed by atoms with Crippen LogP contribution in [0, 0.1) is 6.92 Å². The Bertz CT molecular complexity index is 749. The van der Waals surface area contributed by atoms with Crippen molar-refractivity contribution in [2.75, 3.05) is 18.8 Å². The standard InChI is InChI=1S/C23H37N3O4S/c1-7-9-14-24-20(27)19(17-13-11-10-12-16(17)3)26(8-2)21(28)18(15-31)25-22(29)30-23(4,5)6/h10-13,18-19,31H,7-9,14-15H2,1-6H3,(H,24,27)(H,25,29). The summed E-state index contributed by atoms with van der Waals surface area (Å²) < 4.78 is 5.28. The van der Waals surface area contributed by atoms with E-state index in [4.69, 9.17) is 4.74 Å². The van der Waals surface area contributed by atoms with Crippen molar-refractivity contribution in [1.82, 2.24) is 15.5 Å². The highest BCUT2D eigenvalue weighted by atomic mass is 32.1. The summed E-state index contributed by atoms with van der Waals surface area (Å²) in [6.45, 7) is 11.8. The molecule has 0 aliphatic carbocycles. The number of hydrogen-bond donors (Lipinski definition) is 3. The molecule has 1 aromatic rings. The van der Waals surface area contributed by atoms with Crippen LogP contribution in [0.15, 0.2) is 24.3 Å². The van der Waals surface area contributed by atoms with Crippen molar-refractivity contribution in [1.29, 1.82) is 0 Å². The molecule has 2 unspecified atom stereocenters. The van der Waals surface area contributed by atoms with Crippen LogP contribution >= 0.6 is 12.6 Å². The minimum atomic E-state index is -0.923. The molecule has 0 bridgehead atoms. The van der Waals surface area contributed by atoms with E-state index >= 15 is 0 Å². The second-order valence-electron chi connectivity index (χ2n) is 8.41. The number of likely N-dealkylation sites (N-methyl/N-ethyl adjacent to an activating group) is 1. The van der Waals surface area contributed by atoms with Crippen LogP contribution in [0.3, 0.4) is 0 Å². The quantitative estimate of drug-likeness (QED) is 0.374. The largest absolute Gasteiger partial charge is 0.444 e. The summed E-state index contributed by atoms with van der Waals surface area (Å²) >= 11 is 4.25. The predicted octanol–water partition coefficient (Wildman–Crippen LogP) is 3.62. The molecule has 0 saturated carbocycles. The number of unbranched alkanes of at least 4 members (excludes halogenated alkanes) is 1. The predicted molar refractivity (Wildman–Crippen MR) is 126 cm³/mol. The second-order valence-corrected chi connectivity index (χ2v) is 8.77. The first-order valence-corrected chi connectivity index (χ1v) is 11.4. The van der Waals surface area contributed by atoms with Crippen molar-refractivity contribution < 1.29 is 19.1 Å². The lowest BCUT2D eigenvalue weighted by Gasteiger charge is -2.34. The molecule has 0 aromatic heterocycles. The lowest BCUT2D eigenvalue weighted by molar-refractivity contribution is -0.141. The molecule has 0 spiro atoms. The minimum Gasteiger partial charge on any atom is -0.444 e. The van der Waals surface area contributed by atoms with E-state index in [1.165, 1.54) is 4.90 Å². The molecule has 2 atom stereocenters. The molecular weight excluding hydrogens is 414 g/mol. The van der Waals surface area contributed by atoms with Crippen molar-refractivity contribution in [2.24, 2.45) is 0 Å². The van der Waals surface area contributed by atoms with Crippen molar-refractivity contribution in [3.8, 4) is 0 Å². The molecule has 3 amide bonds. The number of amides is 3. The van der Waals surface area contributed by atoms with Crippen LogP contribution in [0.2, 0.25) is 0 Å². The third kappa shape index (κ3) is 8.44. The topological polar surface area (TPSA) is 87.7 Å². The van der Waals surface area contributed by atoms with Crippen LogP contribution in [0.5, 0.6) is 0 Å². The summed E-state index contributed by atoms with van der Waals surface area (Å²) in [5.41, 5.74) is 0.968. The average molecular weight is 452 g/mol. The van der Waals surface area contributed by atoms with E-state index in [-0.39, 0.29) is 17.6 Å². The summed E-state index contributed by atoms with van der Waals surface area (Å²) in [5.74, 6) is -0.553. The molecule has 0 aliphatic rings. The number of nitrogens with zero attached hydrogens (tertiary/aromatic N) is 1. The van der Waals surface area contributed by atoms with E-state index in [1.807, 2.05) is 45.0 Å². The number of benzene rings is 1. The van der Waals surface area contributed by atoms with Gasteiger partial charge in [-0.2, -0.15) is 12.6 Å². The van der Waals surface area contributed by atoms with Crippen molar-refractivity contribution >= 4 is 30.5 Å². The van der Waals surface area contributed by atoms with E-state index in [0.717, 1.165) is 24.0 Å². The van der Waals surface area contributed by atoms with Gasteiger partial charge in [0, 0.05) is 18.8 Å². The van der Waals surface area contributed by atoms with E-state index in [1.54, 1.807) is 20.8 Å². The molecule has 0 fully saturated rings. The van der Waals surface area contributed by atoms with Crippen LogP contribution in [0.1, 0.15) is 64.6 Å². The third-order valence-electron chi connectivity index (χ3n) is 4.67. The lowest BCUT2D eigenvalue weighted by Crippen LogP contribution is -2.53. The first-order chi connectivity index (χ1) is 14.6. The van der Waals surface area contributed by atoms with Crippen LogP contribution in [0.25, 0.3) is 0 Å². The fourth-order valence-corrected chi connectivity index (χ4v) is 3.38. The van der Waals surface area contributed by atoms with E-state index in [0.29, 0.717) is 13.1 Å². The number of rotatable bonds is 10. The van der Waals surface area contributed by atoms with Gasteiger partial charge in [0.2, 0.25) is 11.8 Å². The van der Waals surface area contributed by atoms with Crippen LogP contribution < -0.4 is 10.6 Å². The van der Waals surface area contributed by atoms with Crippen molar-refractivity contribution in [3.63, 3.8) is 0 Å². The Kier molecular flexibility index (Phi) is 10.9. The third-order valence-corrected chi connectivity index (χ3v) is 5.03. The number of carbonyl (C=O) groups is 3. The van der Waals surface area contributed by atoms with Crippen LogP contribution in [-0.2, 0) is 14.3 Å². The van der Waals surface area contributed by atoms with Gasteiger partial charge in [-0.1, -0.05) is 37.6 Å². The smallest absolute Gasteiger partial charge is 0.408 e. The maximum Gasteiger partial charge on any atom is 0.408 e. The first kappa shape index (κ1) is 26.8. The SMILES string of the molecule is CCCCNC(=O)C(c1ccccc1C)N(CC)C(=O)C(CS)NC(=O)OC(C)(C)C. The van der Waals surface area contributed by atoms with Crippen LogP contribution in [-0.4, -0.2) is 53.3 Å². The molecule has 7 nitrogen and oxygen atoms in total. The van der Waals surface area contributed by atoms with Crippen LogP contribution in [0.4, 0.5) is 4.79 Å². The maximum absolute atomic E-state index is 13.4. The fourth-order valence-electron chi connectivity index (χ4n) is 3.13. The number of hydrogen-bond acceptors (Lipinski definition) is 5. The number of alkyl carbamates (subject to hydrolysis) is 1. The number of aryl methyl sites for hydroxylation is 1. The zero-order valence-corrected chi connectivity index (χ0v) is 20.4. The fraction of sp³-hybridized carbons (Fsp3) is 0.609. The molecule has 2 N–H and O–H groups in total. The molecule has 0 saturated heterocycles. The number of thiol groups is 1. The molecule has 1 rings (SSSR count). The average Bonchev–Trinajstić information content (AvgIpc) is 2.69. The Labute approximate surface area is 191 Å². The van der Waals surface area contributed by atoms with Gasteiger partial charge in [0.25, 0.3) is 0 Å². The normalized spacial score (nSPS) is 13.1. The Morgan fingerprint density at radius 2 is 1.81 bits per heavy atom. The first-order valence-electron chi connectivity index (χ1n) is 10.8. The molecule has 0 heterocycles. The van der Waals surface area contributed by atoms with Gasteiger partial charge in [-0.05, 0) is 52.2 Å². The van der Waals surface area contributed by atoms with Gasteiger partial charge in [0.15, 0.2) is 0 Å². The van der Waals surface area contributed by atoms with Crippen molar-refractivity contribution in [2.45, 2.75) is 72.1 Å². The number of nitrogens with one attached hydrogen (secondary N) is 2. The minimum absolute atomic E-state index is 0.0759. The highest BCUT2D eigenvalue weighted by molar-refractivity contribution is 7.80. The Morgan fingerprint density at radius 3 is 2.32 bits per heavy atom. The van der Waals surface area contributed by atoms with Gasteiger partial charge in [-0.25, -0.2) is 4.79 Å². The molecule has 8 heteroatoms. The summed E-state index contributed by atoms with van der Waals surface area (Å²) in [6.07, 6.45) is 1.11. The van der Waals surface area contributed by atoms with Crippen molar-refractivity contribution in [3.05, 3.63) is 35.4 Å². The van der Waals surface area contributed by atoms with Gasteiger partial charge in [-0.3, -0.25) is 9.59 Å². The zero-order chi connectivity index (χ0) is 23.6. The summed E-state index contributed by atoms with van der Waals surface area (Å²) in [4.78, 5) is 40.3. The monoisotopic (exact) mass is 451 g/mol. The van der Waals surface area contributed by atoms with E-state index < -0.39 is 23.8 Å². The summed E-state index contributed by atoms with van der Waals surface area (Å²) in [5, 5.41) is 5.53. The van der Waals surface area contributed by atoms with Gasteiger partial charge in [0.1, 0.15) is 17.7 Å². The second kappa shape index (κ2) is 12.6. The van der Waals surface area contributed by atoms with E-state index in [9.17, 15) is 14.4 Å². The molecule has 0 radical (unpaired) electrons. The van der Waals surface area contributed by atoms with Gasteiger partial charge in [0.05, 0.1) is 0 Å². The number of ether oxygens (including phenoxy) is 1. The highest BCUT2D eigenvalue weighted by Gasteiger charge is 2.35. The highest BCUT2D eigenvalue weighted by Crippen LogP contribution is 2.25. The molecule has 0 aliphatic heterocycles. The Balaban J connectivity index is 3.20. The number of carbonyl (C=O) groups excluding carboxylic acids is 3.